The molecule has 146 valence electrons. The SMILES string of the molecule is CCOc1cc(C)c(CN2C[C@H](O)[C@@H](N3CCOCC3)C2)cc1C(C)C. The number of likely N-dealkylation sites (tertiary alicyclic amines) is 1. The van der Waals surface area contributed by atoms with Gasteiger partial charge in [-0.15, -0.1) is 0 Å². The third-order valence-electron chi connectivity index (χ3n) is 5.63. The van der Waals surface area contributed by atoms with Crippen molar-refractivity contribution >= 4 is 0 Å². The summed E-state index contributed by atoms with van der Waals surface area (Å²) >= 11 is 0. The number of ether oxygens (including phenoxy) is 2. The van der Waals surface area contributed by atoms with Crippen molar-refractivity contribution in [3.05, 3.63) is 28.8 Å². The van der Waals surface area contributed by atoms with E-state index < -0.39 is 0 Å². The molecule has 0 bridgehead atoms. The number of nitrogens with zero attached hydrogens (tertiary/aromatic N) is 2. The summed E-state index contributed by atoms with van der Waals surface area (Å²) in [4.78, 5) is 4.77. The van der Waals surface area contributed by atoms with Gasteiger partial charge in [0.25, 0.3) is 0 Å². The van der Waals surface area contributed by atoms with Gasteiger partial charge >= 0.3 is 0 Å². The van der Waals surface area contributed by atoms with Gasteiger partial charge < -0.3 is 14.6 Å². The van der Waals surface area contributed by atoms with E-state index in [0.717, 1.165) is 51.7 Å². The van der Waals surface area contributed by atoms with Gasteiger partial charge in [-0.2, -0.15) is 0 Å². The van der Waals surface area contributed by atoms with Crippen LogP contribution in [-0.2, 0) is 11.3 Å². The van der Waals surface area contributed by atoms with Gasteiger partial charge in [-0.05, 0) is 42.5 Å². The number of morpholine rings is 1. The predicted molar refractivity (Wildman–Crippen MR) is 104 cm³/mol. The second-order valence-electron chi connectivity index (χ2n) is 7.88. The van der Waals surface area contributed by atoms with Crippen molar-refractivity contribution in [2.75, 3.05) is 46.0 Å². The molecule has 5 nitrogen and oxygen atoms in total. The maximum Gasteiger partial charge on any atom is 0.123 e. The Kier molecular flexibility index (Phi) is 6.56. The van der Waals surface area contributed by atoms with E-state index in [2.05, 4.69) is 42.7 Å². The Morgan fingerprint density at radius 2 is 1.96 bits per heavy atom. The minimum absolute atomic E-state index is 0.228. The van der Waals surface area contributed by atoms with Crippen LogP contribution in [0, 0.1) is 6.92 Å². The number of hydrogen-bond acceptors (Lipinski definition) is 5. The lowest BCUT2D eigenvalue weighted by atomic mass is 9.96. The lowest BCUT2D eigenvalue weighted by molar-refractivity contribution is -0.00618. The van der Waals surface area contributed by atoms with Crippen molar-refractivity contribution in [1.82, 2.24) is 9.80 Å². The first-order valence-corrected chi connectivity index (χ1v) is 9.98. The molecule has 2 heterocycles. The molecule has 0 spiro atoms. The number of rotatable bonds is 6. The Balaban J connectivity index is 1.71. The van der Waals surface area contributed by atoms with Crippen molar-refractivity contribution in [2.45, 2.75) is 52.3 Å². The summed E-state index contributed by atoms with van der Waals surface area (Å²) < 4.78 is 11.3. The van der Waals surface area contributed by atoms with E-state index in [4.69, 9.17) is 9.47 Å². The van der Waals surface area contributed by atoms with Gasteiger partial charge in [0.05, 0.1) is 25.9 Å². The molecule has 3 rings (SSSR count). The molecule has 0 amide bonds. The smallest absolute Gasteiger partial charge is 0.123 e. The number of aliphatic hydroxyl groups is 1. The molecule has 0 unspecified atom stereocenters. The highest BCUT2D eigenvalue weighted by atomic mass is 16.5. The Morgan fingerprint density at radius 3 is 2.62 bits per heavy atom. The van der Waals surface area contributed by atoms with Gasteiger partial charge in [0.2, 0.25) is 0 Å². The van der Waals surface area contributed by atoms with E-state index in [1.54, 1.807) is 0 Å². The fourth-order valence-electron chi connectivity index (χ4n) is 4.13. The molecule has 0 aromatic heterocycles. The first kappa shape index (κ1) is 19.6. The molecule has 1 aromatic rings. The fraction of sp³-hybridized carbons (Fsp3) is 0.714. The zero-order valence-corrected chi connectivity index (χ0v) is 16.7. The van der Waals surface area contributed by atoms with Crippen LogP contribution in [0.15, 0.2) is 12.1 Å². The molecule has 5 heteroatoms. The van der Waals surface area contributed by atoms with E-state index >= 15 is 0 Å². The Hall–Kier alpha value is -1.14. The molecule has 1 aromatic carbocycles. The minimum Gasteiger partial charge on any atom is -0.494 e. The van der Waals surface area contributed by atoms with Gasteiger partial charge in [-0.1, -0.05) is 19.9 Å². The molecule has 2 aliphatic rings. The summed E-state index contributed by atoms with van der Waals surface area (Å²) in [7, 11) is 0. The predicted octanol–water partition coefficient (Wildman–Crippen LogP) is 2.39. The Morgan fingerprint density at radius 1 is 1.23 bits per heavy atom. The standard InChI is InChI=1S/C21H34N2O3/c1-5-26-21-10-16(4)17(11-18(21)15(2)3)12-22-13-19(20(24)14-22)23-6-8-25-9-7-23/h10-11,15,19-20,24H,5-9,12-14H2,1-4H3/t19-,20-/m0/s1. The molecule has 0 radical (unpaired) electrons. The normalized spacial score (nSPS) is 25.2. The van der Waals surface area contributed by atoms with Gasteiger partial charge in [-0.3, -0.25) is 9.80 Å². The number of aliphatic hydroxyl groups excluding tert-OH is 1. The lowest BCUT2D eigenvalue weighted by Crippen LogP contribution is -2.48. The number of hydrogen-bond donors (Lipinski definition) is 1. The average molecular weight is 363 g/mol. The number of benzene rings is 1. The second-order valence-corrected chi connectivity index (χ2v) is 7.88. The number of β-amino-alcohol motifs (C(OH)–C–C–N with tert-alkyl or cyclic N) is 1. The maximum atomic E-state index is 10.6. The first-order chi connectivity index (χ1) is 12.5. The van der Waals surface area contributed by atoms with E-state index in [-0.39, 0.29) is 12.1 Å². The third kappa shape index (κ3) is 4.39. The monoisotopic (exact) mass is 362 g/mol. The summed E-state index contributed by atoms with van der Waals surface area (Å²) in [5.74, 6) is 1.44. The van der Waals surface area contributed by atoms with Gasteiger partial charge in [0.15, 0.2) is 0 Å². The van der Waals surface area contributed by atoms with E-state index in [0.29, 0.717) is 12.5 Å². The zero-order chi connectivity index (χ0) is 18.7. The summed E-state index contributed by atoms with van der Waals surface area (Å²) in [6.07, 6.45) is -0.277. The fourth-order valence-corrected chi connectivity index (χ4v) is 4.13. The highest BCUT2D eigenvalue weighted by Crippen LogP contribution is 2.31. The molecule has 1 N–H and O–H groups in total. The molecular weight excluding hydrogens is 328 g/mol. The topological polar surface area (TPSA) is 45.2 Å². The van der Waals surface area contributed by atoms with E-state index in [1.807, 2.05) is 6.92 Å². The molecule has 2 saturated heterocycles. The summed E-state index contributed by atoms with van der Waals surface area (Å²) in [6, 6.07) is 4.71. The van der Waals surface area contributed by atoms with E-state index in [9.17, 15) is 5.11 Å². The molecule has 2 fully saturated rings. The van der Waals surface area contributed by atoms with Gasteiger partial charge in [0, 0.05) is 38.8 Å². The van der Waals surface area contributed by atoms with Gasteiger partial charge in [0.1, 0.15) is 5.75 Å². The third-order valence-corrected chi connectivity index (χ3v) is 5.63. The highest BCUT2D eigenvalue weighted by Gasteiger charge is 2.36. The van der Waals surface area contributed by atoms with Crippen molar-refractivity contribution in [2.24, 2.45) is 0 Å². The molecular formula is C21H34N2O3. The molecule has 2 atom stereocenters. The van der Waals surface area contributed by atoms with Crippen molar-refractivity contribution in [3.8, 4) is 5.75 Å². The number of aryl methyl sites for hydroxylation is 1. The summed E-state index contributed by atoms with van der Waals surface area (Å²) in [6.45, 7) is 15.3. The Bertz CT molecular complexity index is 599. The largest absolute Gasteiger partial charge is 0.494 e. The van der Waals surface area contributed by atoms with Gasteiger partial charge in [-0.25, -0.2) is 0 Å². The van der Waals surface area contributed by atoms with Crippen molar-refractivity contribution in [3.63, 3.8) is 0 Å². The van der Waals surface area contributed by atoms with Crippen LogP contribution in [0.5, 0.6) is 5.75 Å². The quantitative estimate of drug-likeness (QED) is 0.842. The van der Waals surface area contributed by atoms with Crippen LogP contribution >= 0.6 is 0 Å². The van der Waals surface area contributed by atoms with Crippen LogP contribution in [0.1, 0.15) is 43.4 Å². The van der Waals surface area contributed by atoms with Crippen molar-refractivity contribution < 1.29 is 14.6 Å². The molecule has 0 saturated carbocycles. The van der Waals surface area contributed by atoms with Crippen LogP contribution < -0.4 is 4.74 Å². The lowest BCUT2D eigenvalue weighted by Gasteiger charge is -2.33. The maximum absolute atomic E-state index is 10.6. The summed E-state index contributed by atoms with van der Waals surface area (Å²) in [5.41, 5.74) is 3.88. The zero-order valence-electron chi connectivity index (χ0n) is 16.7. The van der Waals surface area contributed by atoms with Crippen LogP contribution in [0.25, 0.3) is 0 Å². The minimum atomic E-state index is -0.277. The van der Waals surface area contributed by atoms with E-state index in [1.165, 1.54) is 16.7 Å². The molecule has 26 heavy (non-hydrogen) atoms. The van der Waals surface area contributed by atoms with Crippen LogP contribution in [-0.4, -0.2) is 73.1 Å². The second kappa shape index (κ2) is 8.70. The Labute approximate surface area is 157 Å². The summed E-state index contributed by atoms with van der Waals surface area (Å²) in [5, 5.41) is 10.6. The van der Waals surface area contributed by atoms with Crippen LogP contribution in [0.2, 0.25) is 0 Å². The average Bonchev–Trinajstić information content (AvgIpc) is 2.98. The molecule has 2 aliphatic heterocycles. The van der Waals surface area contributed by atoms with Crippen LogP contribution in [0.3, 0.4) is 0 Å². The highest BCUT2D eigenvalue weighted by molar-refractivity contribution is 5.44. The van der Waals surface area contributed by atoms with Crippen LogP contribution in [0.4, 0.5) is 0 Å². The van der Waals surface area contributed by atoms with Crippen molar-refractivity contribution in [1.29, 1.82) is 0 Å². The molecule has 0 aliphatic carbocycles. The first-order valence-electron chi connectivity index (χ1n) is 9.98.